The molecule has 4 nitrogen and oxygen atoms in total. The summed E-state index contributed by atoms with van der Waals surface area (Å²) < 4.78 is 27.3. The Labute approximate surface area is 153 Å². The molecule has 122 valence electrons. The molecule has 0 saturated heterocycles. The van der Waals surface area contributed by atoms with Gasteiger partial charge >= 0.3 is 0 Å². The van der Waals surface area contributed by atoms with Crippen LogP contribution in [-0.4, -0.2) is 19.5 Å². The number of carbonyl (C=O) groups excluding carboxylic acids is 1. The third-order valence-electron chi connectivity index (χ3n) is 3.07. The first-order valence-corrected chi connectivity index (χ1v) is 9.83. The fraction of sp³-hybridized carbons (Fsp3) is 0.133. The lowest BCUT2D eigenvalue weighted by Gasteiger charge is -2.10. The molecule has 0 radical (unpaired) electrons. The number of halogens is 3. The standard InChI is InChI=1S/C15H12BrCl2NO3S/c16-8-14(20)10-5-6-13(18)15(7-10)23(21,22)19-9-11-3-1-2-4-12(11)17/h1-7,19H,8-9H2. The Bertz CT molecular complexity index is 840. The molecule has 0 aromatic heterocycles. The molecule has 2 aromatic carbocycles. The van der Waals surface area contributed by atoms with E-state index < -0.39 is 10.0 Å². The largest absolute Gasteiger partial charge is 0.293 e. The van der Waals surface area contributed by atoms with E-state index in [0.29, 0.717) is 10.6 Å². The van der Waals surface area contributed by atoms with Crippen molar-refractivity contribution in [1.29, 1.82) is 0 Å². The zero-order valence-corrected chi connectivity index (χ0v) is 15.6. The van der Waals surface area contributed by atoms with Gasteiger partial charge in [-0.3, -0.25) is 4.79 Å². The summed E-state index contributed by atoms with van der Waals surface area (Å²) in [6, 6.07) is 11.1. The summed E-state index contributed by atoms with van der Waals surface area (Å²) in [7, 11) is -3.88. The molecule has 0 aliphatic carbocycles. The van der Waals surface area contributed by atoms with Crippen molar-refractivity contribution in [1.82, 2.24) is 4.72 Å². The van der Waals surface area contributed by atoms with E-state index in [1.165, 1.54) is 18.2 Å². The van der Waals surface area contributed by atoms with Crippen LogP contribution in [0.4, 0.5) is 0 Å². The summed E-state index contributed by atoms with van der Waals surface area (Å²) >= 11 is 15.0. The van der Waals surface area contributed by atoms with Crippen molar-refractivity contribution in [3.63, 3.8) is 0 Å². The molecular formula is C15H12BrCl2NO3S. The van der Waals surface area contributed by atoms with Crippen LogP contribution in [0.1, 0.15) is 15.9 Å². The van der Waals surface area contributed by atoms with E-state index in [2.05, 4.69) is 20.7 Å². The van der Waals surface area contributed by atoms with Gasteiger partial charge in [-0.15, -0.1) is 0 Å². The molecule has 0 aliphatic heterocycles. The molecule has 0 spiro atoms. The molecule has 2 rings (SSSR count). The maximum absolute atomic E-state index is 12.4. The summed E-state index contributed by atoms with van der Waals surface area (Å²) in [5.41, 5.74) is 0.908. The summed E-state index contributed by atoms with van der Waals surface area (Å²) in [5.74, 6) is -0.232. The third-order valence-corrected chi connectivity index (χ3v) is 5.84. The Morgan fingerprint density at radius 2 is 1.78 bits per heavy atom. The average molecular weight is 437 g/mol. The van der Waals surface area contributed by atoms with E-state index in [0.717, 1.165) is 0 Å². The highest BCUT2D eigenvalue weighted by Gasteiger charge is 2.20. The fourth-order valence-corrected chi connectivity index (χ4v) is 3.91. The highest BCUT2D eigenvalue weighted by atomic mass is 79.9. The lowest BCUT2D eigenvalue weighted by molar-refractivity contribution is 0.102. The van der Waals surface area contributed by atoms with E-state index in [9.17, 15) is 13.2 Å². The zero-order chi connectivity index (χ0) is 17.0. The molecule has 23 heavy (non-hydrogen) atoms. The molecule has 0 bridgehead atoms. The van der Waals surface area contributed by atoms with Gasteiger partial charge < -0.3 is 0 Å². The smallest absolute Gasteiger partial charge is 0.242 e. The van der Waals surface area contributed by atoms with Gasteiger partial charge in [-0.25, -0.2) is 13.1 Å². The van der Waals surface area contributed by atoms with Gasteiger partial charge in [0.2, 0.25) is 10.0 Å². The molecule has 0 amide bonds. The molecule has 0 unspecified atom stereocenters. The first-order chi connectivity index (χ1) is 10.8. The minimum atomic E-state index is -3.88. The van der Waals surface area contributed by atoms with Gasteiger partial charge in [-0.05, 0) is 29.8 Å². The maximum atomic E-state index is 12.4. The monoisotopic (exact) mass is 435 g/mol. The lowest BCUT2D eigenvalue weighted by atomic mass is 10.1. The molecule has 0 atom stereocenters. The van der Waals surface area contributed by atoms with Gasteiger partial charge in [0.05, 0.1) is 10.4 Å². The Morgan fingerprint density at radius 1 is 1.09 bits per heavy atom. The number of alkyl halides is 1. The number of sulfonamides is 1. The van der Waals surface area contributed by atoms with E-state index in [-0.39, 0.29) is 33.1 Å². The van der Waals surface area contributed by atoms with Crippen molar-refractivity contribution in [3.05, 3.63) is 63.6 Å². The number of hydrogen-bond donors (Lipinski definition) is 1. The summed E-state index contributed by atoms with van der Waals surface area (Å²) in [6.45, 7) is 0.0228. The first-order valence-electron chi connectivity index (χ1n) is 6.47. The molecular weight excluding hydrogens is 425 g/mol. The van der Waals surface area contributed by atoms with Gasteiger partial charge in [-0.1, -0.05) is 57.3 Å². The number of hydrogen-bond acceptors (Lipinski definition) is 3. The average Bonchev–Trinajstić information content (AvgIpc) is 2.53. The van der Waals surface area contributed by atoms with E-state index in [4.69, 9.17) is 23.2 Å². The minimum absolute atomic E-state index is 0.0228. The first kappa shape index (κ1) is 18.4. The van der Waals surface area contributed by atoms with Crippen molar-refractivity contribution in [2.45, 2.75) is 11.4 Å². The number of benzene rings is 2. The fourth-order valence-electron chi connectivity index (χ4n) is 1.85. The normalized spacial score (nSPS) is 11.4. The number of Topliss-reactive ketones (excluding diaryl/α,β-unsaturated/α-hetero) is 1. The number of rotatable bonds is 6. The van der Waals surface area contributed by atoms with E-state index in [1.54, 1.807) is 24.3 Å². The topological polar surface area (TPSA) is 63.2 Å². The number of nitrogens with one attached hydrogen (secondary N) is 1. The highest BCUT2D eigenvalue weighted by Crippen LogP contribution is 2.24. The maximum Gasteiger partial charge on any atom is 0.242 e. The van der Waals surface area contributed by atoms with Crippen molar-refractivity contribution < 1.29 is 13.2 Å². The number of ketones is 1. The van der Waals surface area contributed by atoms with Gasteiger partial charge in [0.25, 0.3) is 0 Å². The van der Waals surface area contributed by atoms with Crippen molar-refractivity contribution in [2.24, 2.45) is 0 Å². The van der Waals surface area contributed by atoms with Crippen LogP contribution in [0.15, 0.2) is 47.4 Å². The Kier molecular flexibility index (Phi) is 6.22. The van der Waals surface area contributed by atoms with Crippen molar-refractivity contribution in [2.75, 3.05) is 5.33 Å². The molecule has 2 aromatic rings. The van der Waals surface area contributed by atoms with Crippen LogP contribution in [-0.2, 0) is 16.6 Å². The summed E-state index contributed by atoms with van der Waals surface area (Å²) in [6.07, 6.45) is 0. The van der Waals surface area contributed by atoms with Gasteiger partial charge in [0, 0.05) is 17.1 Å². The van der Waals surface area contributed by atoms with Crippen LogP contribution in [0.3, 0.4) is 0 Å². The molecule has 0 saturated carbocycles. The van der Waals surface area contributed by atoms with Crippen LogP contribution >= 0.6 is 39.1 Å². The quantitative estimate of drug-likeness (QED) is 0.548. The van der Waals surface area contributed by atoms with Gasteiger partial charge in [0.15, 0.2) is 5.78 Å². The number of carbonyl (C=O) groups is 1. The summed E-state index contributed by atoms with van der Waals surface area (Å²) in [5, 5.41) is 0.605. The Hall–Kier alpha value is -0.920. The van der Waals surface area contributed by atoms with E-state index in [1.807, 2.05) is 0 Å². The predicted octanol–water partition coefficient (Wildman–Crippen LogP) is 4.05. The SMILES string of the molecule is O=C(CBr)c1ccc(Cl)c(S(=O)(=O)NCc2ccccc2Cl)c1. The molecule has 1 N–H and O–H groups in total. The Balaban J connectivity index is 2.29. The molecule has 0 fully saturated rings. The second-order valence-electron chi connectivity index (χ2n) is 4.62. The van der Waals surface area contributed by atoms with Gasteiger partial charge in [0.1, 0.15) is 4.90 Å². The molecule has 0 heterocycles. The second kappa shape index (κ2) is 7.77. The molecule has 8 heteroatoms. The highest BCUT2D eigenvalue weighted by molar-refractivity contribution is 9.09. The molecule has 0 aliphatic rings. The second-order valence-corrected chi connectivity index (χ2v) is 7.73. The van der Waals surface area contributed by atoms with Crippen molar-refractivity contribution in [3.8, 4) is 0 Å². The van der Waals surface area contributed by atoms with E-state index >= 15 is 0 Å². The van der Waals surface area contributed by atoms with Crippen LogP contribution in [0, 0.1) is 0 Å². The predicted molar refractivity (Wildman–Crippen MR) is 95.1 cm³/mol. The minimum Gasteiger partial charge on any atom is -0.293 e. The van der Waals surface area contributed by atoms with Crippen LogP contribution in [0.2, 0.25) is 10.0 Å². The summed E-state index contributed by atoms with van der Waals surface area (Å²) in [4.78, 5) is 11.6. The zero-order valence-electron chi connectivity index (χ0n) is 11.7. The van der Waals surface area contributed by atoms with Crippen LogP contribution in [0.5, 0.6) is 0 Å². The lowest BCUT2D eigenvalue weighted by Crippen LogP contribution is -2.24. The van der Waals surface area contributed by atoms with Crippen LogP contribution in [0.25, 0.3) is 0 Å². The third kappa shape index (κ3) is 4.55. The van der Waals surface area contributed by atoms with Gasteiger partial charge in [-0.2, -0.15) is 0 Å². The van der Waals surface area contributed by atoms with Crippen LogP contribution < -0.4 is 4.72 Å². The van der Waals surface area contributed by atoms with Crippen molar-refractivity contribution >= 4 is 54.9 Å². The Morgan fingerprint density at radius 3 is 2.43 bits per heavy atom.